The number of ketones is 1. The van der Waals surface area contributed by atoms with Gasteiger partial charge in [-0.1, -0.05) is 23.7 Å². The summed E-state index contributed by atoms with van der Waals surface area (Å²) in [7, 11) is 0. The number of carbonyl (C=O) groups excluding carboxylic acids is 4. The van der Waals surface area contributed by atoms with E-state index in [2.05, 4.69) is 5.32 Å². The summed E-state index contributed by atoms with van der Waals surface area (Å²) >= 11 is 6.20. The molecular weight excluding hydrogens is 599 g/mol. The molecule has 3 saturated heterocycles. The van der Waals surface area contributed by atoms with Gasteiger partial charge in [0.1, 0.15) is 17.1 Å². The van der Waals surface area contributed by atoms with Crippen molar-refractivity contribution in [3.63, 3.8) is 0 Å². The Kier molecular flexibility index (Phi) is 10.1. The number of nitrogens with zero attached hydrogens (tertiary/aromatic N) is 3. The fourth-order valence-electron chi connectivity index (χ4n) is 7.24. The summed E-state index contributed by atoms with van der Waals surface area (Å²) in [5, 5.41) is 3.94. The zero-order chi connectivity index (χ0) is 32.3. The number of nitrogens with one attached hydrogen (secondary N) is 1. The molecule has 0 spiro atoms. The number of Topliss-reactive ketones (excluding diaryl/α,β-unsaturated/α-hetero) is 1. The van der Waals surface area contributed by atoms with Crippen LogP contribution in [0.25, 0.3) is 0 Å². The van der Waals surface area contributed by atoms with Gasteiger partial charge in [-0.2, -0.15) is 0 Å². The number of benzene rings is 2. The fourth-order valence-corrected chi connectivity index (χ4v) is 7.37. The van der Waals surface area contributed by atoms with Crippen molar-refractivity contribution in [1.29, 1.82) is 0 Å². The molecule has 3 aliphatic heterocycles. The molecule has 11 heteroatoms. The first kappa shape index (κ1) is 32.9. The molecule has 1 unspecified atom stereocenters. The van der Waals surface area contributed by atoms with E-state index in [0.29, 0.717) is 56.9 Å². The lowest BCUT2D eigenvalue weighted by atomic mass is 9.71. The van der Waals surface area contributed by atoms with Crippen molar-refractivity contribution in [3.8, 4) is 5.75 Å². The number of ether oxygens (including phenoxy) is 1. The second-order valence-electron chi connectivity index (χ2n) is 12.6. The SMILES string of the molecule is CCN(C(=O)Oc1ccc(F)cc1)[C@]1(C(=O)C2CCN(C(=O)C3CCC(=O)N(C(C)C)C3)CC2)CNC[C@H]1c1ccc(Cl)cc1. The third kappa shape index (κ3) is 6.72. The van der Waals surface area contributed by atoms with Crippen LogP contribution in [0, 0.1) is 17.7 Å². The van der Waals surface area contributed by atoms with Crippen molar-refractivity contribution in [2.24, 2.45) is 11.8 Å². The number of hydrogen-bond donors (Lipinski definition) is 1. The van der Waals surface area contributed by atoms with Gasteiger partial charge in [0.05, 0.1) is 5.92 Å². The quantitative estimate of drug-likeness (QED) is 0.442. The van der Waals surface area contributed by atoms with Gasteiger partial charge in [-0.25, -0.2) is 9.18 Å². The topological polar surface area (TPSA) is 99.3 Å². The normalized spacial score (nSPS) is 24.2. The van der Waals surface area contributed by atoms with Gasteiger partial charge < -0.3 is 19.9 Å². The molecule has 1 N–H and O–H groups in total. The van der Waals surface area contributed by atoms with Gasteiger partial charge in [-0.05, 0) is 82.0 Å². The monoisotopic (exact) mass is 640 g/mol. The van der Waals surface area contributed by atoms with E-state index in [4.69, 9.17) is 16.3 Å². The molecule has 242 valence electrons. The Hall–Kier alpha value is -3.50. The van der Waals surface area contributed by atoms with Crippen molar-refractivity contribution < 1.29 is 28.3 Å². The van der Waals surface area contributed by atoms with Gasteiger partial charge in [0, 0.05) is 68.6 Å². The lowest BCUT2D eigenvalue weighted by molar-refractivity contribution is -0.147. The largest absolute Gasteiger partial charge is 0.416 e. The lowest BCUT2D eigenvalue weighted by Gasteiger charge is -2.45. The Balaban J connectivity index is 1.37. The minimum atomic E-state index is -1.25. The molecule has 2 aromatic rings. The molecule has 3 amide bonds. The first-order chi connectivity index (χ1) is 21.5. The van der Waals surface area contributed by atoms with Gasteiger partial charge in [-0.3, -0.25) is 19.3 Å². The molecule has 2 aromatic carbocycles. The first-order valence-electron chi connectivity index (χ1n) is 15.9. The second-order valence-corrected chi connectivity index (χ2v) is 13.0. The highest BCUT2D eigenvalue weighted by atomic mass is 35.5. The van der Waals surface area contributed by atoms with Crippen LogP contribution in [0.5, 0.6) is 5.75 Å². The first-order valence-corrected chi connectivity index (χ1v) is 16.3. The number of amides is 3. The molecule has 5 rings (SSSR count). The maximum atomic E-state index is 14.8. The molecular formula is C34H42ClFN4O5. The third-order valence-corrected chi connectivity index (χ3v) is 9.90. The summed E-state index contributed by atoms with van der Waals surface area (Å²) in [4.78, 5) is 59.6. The summed E-state index contributed by atoms with van der Waals surface area (Å²) in [5.74, 6) is -1.20. The number of piperidine rings is 2. The van der Waals surface area contributed by atoms with E-state index in [9.17, 15) is 23.6 Å². The number of rotatable bonds is 8. The Morgan fingerprint density at radius 3 is 2.33 bits per heavy atom. The molecule has 3 atom stereocenters. The minimum absolute atomic E-state index is 0.0356. The highest BCUT2D eigenvalue weighted by molar-refractivity contribution is 6.30. The predicted octanol–water partition coefficient (Wildman–Crippen LogP) is 4.88. The van der Waals surface area contributed by atoms with E-state index in [1.165, 1.54) is 29.2 Å². The molecule has 3 aliphatic rings. The Morgan fingerprint density at radius 2 is 1.71 bits per heavy atom. The van der Waals surface area contributed by atoms with Crippen LogP contribution >= 0.6 is 11.6 Å². The van der Waals surface area contributed by atoms with Crippen LogP contribution in [0.15, 0.2) is 48.5 Å². The molecule has 0 bridgehead atoms. The van der Waals surface area contributed by atoms with E-state index in [0.717, 1.165) is 5.56 Å². The van der Waals surface area contributed by atoms with E-state index in [-0.39, 0.29) is 60.2 Å². The highest BCUT2D eigenvalue weighted by Gasteiger charge is 2.57. The summed E-state index contributed by atoms with van der Waals surface area (Å²) in [6.45, 7) is 7.95. The van der Waals surface area contributed by atoms with Crippen molar-refractivity contribution in [2.75, 3.05) is 39.3 Å². The number of hydrogen-bond acceptors (Lipinski definition) is 6. The molecule has 3 heterocycles. The summed E-state index contributed by atoms with van der Waals surface area (Å²) in [6, 6.07) is 12.6. The minimum Gasteiger partial charge on any atom is -0.410 e. The smallest absolute Gasteiger partial charge is 0.410 e. The van der Waals surface area contributed by atoms with Gasteiger partial charge in [-0.15, -0.1) is 0 Å². The summed E-state index contributed by atoms with van der Waals surface area (Å²) < 4.78 is 19.2. The van der Waals surface area contributed by atoms with Gasteiger partial charge in [0.25, 0.3) is 0 Å². The average molecular weight is 641 g/mol. The molecule has 0 aliphatic carbocycles. The fraction of sp³-hybridized carbons (Fsp3) is 0.529. The molecule has 0 radical (unpaired) electrons. The number of likely N-dealkylation sites (tertiary alicyclic amines) is 2. The second kappa shape index (κ2) is 13.9. The van der Waals surface area contributed by atoms with Crippen molar-refractivity contribution in [1.82, 2.24) is 20.0 Å². The molecule has 0 aromatic heterocycles. The number of halogens is 2. The zero-order valence-corrected chi connectivity index (χ0v) is 26.9. The van der Waals surface area contributed by atoms with Crippen LogP contribution in [-0.2, 0) is 14.4 Å². The van der Waals surface area contributed by atoms with Crippen LogP contribution in [-0.4, -0.2) is 89.2 Å². The van der Waals surface area contributed by atoms with E-state index in [1.54, 1.807) is 17.0 Å². The Bertz CT molecular complexity index is 1400. The maximum Gasteiger partial charge on any atom is 0.416 e. The van der Waals surface area contributed by atoms with Crippen molar-refractivity contribution in [2.45, 2.75) is 64.0 Å². The summed E-state index contributed by atoms with van der Waals surface area (Å²) in [6.07, 6.45) is 1.17. The van der Waals surface area contributed by atoms with Gasteiger partial charge in [0.15, 0.2) is 5.78 Å². The van der Waals surface area contributed by atoms with E-state index < -0.39 is 17.4 Å². The summed E-state index contributed by atoms with van der Waals surface area (Å²) in [5.41, 5.74) is -0.377. The van der Waals surface area contributed by atoms with E-state index in [1.807, 2.05) is 37.8 Å². The maximum absolute atomic E-state index is 14.8. The molecule has 9 nitrogen and oxygen atoms in total. The van der Waals surface area contributed by atoms with E-state index >= 15 is 0 Å². The Labute approximate surface area is 269 Å². The predicted molar refractivity (Wildman–Crippen MR) is 168 cm³/mol. The van der Waals surface area contributed by atoms with Crippen LogP contribution in [0.4, 0.5) is 9.18 Å². The van der Waals surface area contributed by atoms with Gasteiger partial charge >= 0.3 is 6.09 Å². The van der Waals surface area contributed by atoms with Crippen molar-refractivity contribution >= 4 is 35.3 Å². The third-order valence-electron chi connectivity index (χ3n) is 9.65. The standard InChI is InChI=1S/C34H42ClFN4O5/c1-4-40(33(44)45-28-12-10-27(36)11-13-28)34(21-37-19-29(34)23-5-8-26(35)9-6-23)31(42)24-15-17-38(18-16-24)32(43)25-7-14-30(41)39(20-25)22(2)3/h5-6,8-13,22,24-25,29,37H,4,7,14-21H2,1-3H3/t25?,29-,34+/m0/s1. The molecule has 3 fully saturated rings. The van der Waals surface area contributed by atoms with Crippen LogP contribution in [0.1, 0.15) is 57.9 Å². The number of likely N-dealkylation sites (N-methyl/N-ethyl adjacent to an activating group) is 1. The van der Waals surface area contributed by atoms with Crippen molar-refractivity contribution in [3.05, 3.63) is 64.9 Å². The zero-order valence-electron chi connectivity index (χ0n) is 26.1. The molecule has 45 heavy (non-hydrogen) atoms. The number of carbonyl (C=O) groups is 4. The van der Waals surface area contributed by atoms with Crippen LogP contribution in [0.2, 0.25) is 5.02 Å². The van der Waals surface area contributed by atoms with Crippen LogP contribution in [0.3, 0.4) is 0 Å². The Morgan fingerprint density at radius 1 is 1.04 bits per heavy atom. The molecule has 0 saturated carbocycles. The lowest BCUT2D eigenvalue weighted by Crippen LogP contribution is -2.64. The van der Waals surface area contributed by atoms with Crippen LogP contribution < -0.4 is 10.1 Å². The average Bonchev–Trinajstić information content (AvgIpc) is 3.48. The van der Waals surface area contributed by atoms with Gasteiger partial charge in [0.2, 0.25) is 11.8 Å². The highest BCUT2D eigenvalue weighted by Crippen LogP contribution is 2.42.